The SMILES string of the molecule is CCCCc1nc2c(c(=O)n(CC3CC3)c(=O)n2C)n1Cc1ccccc1-c1ccccc1-c1nn[nH]n1. The first-order chi connectivity index (χ1) is 18.6. The normalized spacial score (nSPS) is 13.4. The molecule has 0 radical (unpaired) electrons. The molecule has 1 aliphatic carbocycles. The molecule has 0 unspecified atom stereocenters. The number of nitrogens with one attached hydrogen (secondary N) is 1. The van der Waals surface area contributed by atoms with Gasteiger partial charge in [0.05, 0.1) is 6.54 Å². The fourth-order valence-corrected chi connectivity index (χ4v) is 5.11. The zero-order valence-electron chi connectivity index (χ0n) is 21.6. The van der Waals surface area contributed by atoms with Gasteiger partial charge in [0.1, 0.15) is 5.82 Å². The van der Waals surface area contributed by atoms with Gasteiger partial charge in [-0.15, -0.1) is 10.2 Å². The molecule has 38 heavy (non-hydrogen) atoms. The first-order valence-electron chi connectivity index (χ1n) is 13.2. The molecule has 6 rings (SSSR count). The lowest BCUT2D eigenvalue weighted by molar-refractivity contribution is 0.557. The number of nitrogens with zero attached hydrogens (tertiary/aromatic N) is 7. The molecule has 194 valence electrons. The number of imidazole rings is 1. The molecule has 1 saturated carbocycles. The summed E-state index contributed by atoms with van der Waals surface area (Å²) in [6, 6.07) is 16.1. The van der Waals surface area contributed by atoms with Gasteiger partial charge in [-0.25, -0.2) is 9.78 Å². The predicted molar refractivity (Wildman–Crippen MR) is 145 cm³/mol. The summed E-state index contributed by atoms with van der Waals surface area (Å²) in [5, 5.41) is 14.7. The number of aryl methyl sites for hydroxylation is 2. The number of unbranched alkanes of at least 4 members (excludes halogenated alkanes) is 1. The van der Waals surface area contributed by atoms with Gasteiger partial charge in [0.25, 0.3) is 5.56 Å². The third-order valence-electron chi connectivity index (χ3n) is 7.35. The number of rotatable bonds is 9. The monoisotopic (exact) mass is 510 g/mol. The quantitative estimate of drug-likeness (QED) is 0.324. The lowest BCUT2D eigenvalue weighted by Gasteiger charge is -2.15. The number of tetrazole rings is 1. The standard InChI is InChI=1S/C28H30N8O2/c1-3-4-13-23-29-26-24(27(37)36(16-18-14-15-18)28(38)34(26)2)35(23)17-19-9-5-6-10-20(19)21-11-7-8-12-22(21)25-30-32-33-31-25/h5-12,18H,3-4,13-17H2,1-2H3,(H,30,31,32,33). The fourth-order valence-electron chi connectivity index (χ4n) is 5.11. The minimum absolute atomic E-state index is 0.255. The van der Waals surface area contributed by atoms with E-state index in [1.54, 1.807) is 7.05 Å². The topological polar surface area (TPSA) is 116 Å². The van der Waals surface area contributed by atoms with Crippen molar-refractivity contribution in [2.24, 2.45) is 13.0 Å². The van der Waals surface area contributed by atoms with E-state index in [4.69, 9.17) is 4.98 Å². The van der Waals surface area contributed by atoms with Gasteiger partial charge >= 0.3 is 5.69 Å². The Morgan fingerprint density at radius 2 is 1.71 bits per heavy atom. The van der Waals surface area contributed by atoms with Crippen LogP contribution in [0.3, 0.4) is 0 Å². The predicted octanol–water partition coefficient (Wildman–Crippen LogP) is 3.54. The van der Waals surface area contributed by atoms with Crippen molar-refractivity contribution < 1.29 is 0 Å². The summed E-state index contributed by atoms with van der Waals surface area (Å²) in [6.07, 6.45) is 4.78. The molecular formula is C28H30N8O2. The summed E-state index contributed by atoms with van der Waals surface area (Å²) in [4.78, 5) is 31.7. The van der Waals surface area contributed by atoms with Crippen LogP contribution >= 0.6 is 0 Å². The summed E-state index contributed by atoms with van der Waals surface area (Å²) < 4.78 is 4.95. The van der Waals surface area contributed by atoms with Crippen LogP contribution < -0.4 is 11.2 Å². The highest BCUT2D eigenvalue weighted by atomic mass is 16.2. The summed E-state index contributed by atoms with van der Waals surface area (Å²) in [7, 11) is 1.71. The van der Waals surface area contributed by atoms with Crippen molar-refractivity contribution in [1.82, 2.24) is 39.3 Å². The second-order valence-electron chi connectivity index (χ2n) is 10.0. The number of hydrogen-bond donors (Lipinski definition) is 1. The largest absolute Gasteiger partial charge is 0.332 e. The Hall–Kier alpha value is -4.34. The van der Waals surface area contributed by atoms with E-state index in [9.17, 15) is 9.59 Å². The maximum Gasteiger partial charge on any atom is 0.332 e. The number of fused-ring (bicyclic) bond motifs is 1. The maximum absolute atomic E-state index is 13.8. The second kappa shape index (κ2) is 9.85. The molecule has 1 aliphatic rings. The molecule has 0 atom stereocenters. The number of benzene rings is 2. The van der Waals surface area contributed by atoms with Gasteiger partial charge in [-0.3, -0.25) is 13.9 Å². The highest BCUT2D eigenvalue weighted by Crippen LogP contribution is 2.33. The maximum atomic E-state index is 13.8. The van der Waals surface area contributed by atoms with E-state index in [2.05, 4.69) is 39.7 Å². The van der Waals surface area contributed by atoms with Gasteiger partial charge in [0.2, 0.25) is 5.82 Å². The summed E-state index contributed by atoms with van der Waals surface area (Å²) in [5.41, 5.74) is 4.27. The molecule has 0 amide bonds. The average Bonchev–Trinajstić information content (AvgIpc) is 3.45. The zero-order chi connectivity index (χ0) is 26.2. The molecule has 10 heteroatoms. The fraction of sp³-hybridized carbons (Fsp3) is 0.357. The summed E-state index contributed by atoms with van der Waals surface area (Å²) >= 11 is 0. The van der Waals surface area contributed by atoms with Gasteiger partial charge < -0.3 is 4.57 Å². The Morgan fingerprint density at radius 1 is 0.974 bits per heavy atom. The van der Waals surface area contributed by atoms with Crippen molar-refractivity contribution >= 4 is 11.2 Å². The molecule has 1 N–H and O–H groups in total. The summed E-state index contributed by atoms with van der Waals surface area (Å²) in [6.45, 7) is 3.05. The second-order valence-corrected chi connectivity index (χ2v) is 10.0. The van der Waals surface area contributed by atoms with E-state index < -0.39 is 0 Å². The minimum atomic E-state index is -0.296. The average molecular weight is 511 g/mol. The highest BCUT2D eigenvalue weighted by molar-refractivity contribution is 5.82. The lowest BCUT2D eigenvalue weighted by Crippen LogP contribution is -2.40. The number of aromatic nitrogens is 8. The van der Waals surface area contributed by atoms with Crippen LogP contribution in [0, 0.1) is 5.92 Å². The van der Waals surface area contributed by atoms with Crippen LogP contribution in [0.4, 0.5) is 0 Å². The molecule has 0 spiro atoms. The Balaban J connectivity index is 1.53. The van der Waals surface area contributed by atoms with E-state index in [-0.39, 0.29) is 11.2 Å². The molecule has 1 fully saturated rings. The third kappa shape index (κ3) is 4.25. The van der Waals surface area contributed by atoms with Crippen molar-refractivity contribution in [3.05, 3.63) is 80.8 Å². The van der Waals surface area contributed by atoms with Gasteiger partial charge in [-0.05, 0) is 47.1 Å². The first kappa shape index (κ1) is 24.0. The van der Waals surface area contributed by atoms with Crippen molar-refractivity contribution in [3.8, 4) is 22.5 Å². The number of H-pyrrole nitrogens is 1. The van der Waals surface area contributed by atoms with Crippen LogP contribution in [0.15, 0.2) is 58.1 Å². The van der Waals surface area contributed by atoms with Crippen molar-refractivity contribution in [3.63, 3.8) is 0 Å². The Kier molecular flexibility index (Phi) is 6.22. The molecule has 0 saturated heterocycles. The van der Waals surface area contributed by atoms with E-state index in [0.29, 0.717) is 36.0 Å². The molecular weight excluding hydrogens is 480 g/mol. The Morgan fingerprint density at radius 3 is 2.42 bits per heavy atom. The van der Waals surface area contributed by atoms with Crippen molar-refractivity contribution in [2.75, 3.05) is 0 Å². The lowest BCUT2D eigenvalue weighted by atomic mass is 9.95. The highest BCUT2D eigenvalue weighted by Gasteiger charge is 2.26. The van der Waals surface area contributed by atoms with Crippen LogP contribution in [-0.4, -0.2) is 39.3 Å². The van der Waals surface area contributed by atoms with Crippen LogP contribution in [-0.2, 0) is 26.6 Å². The van der Waals surface area contributed by atoms with E-state index in [1.165, 1.54) is 9.13 Å². The van der Waals surface area contributed by atoms with E-state index in [0.717, 1.165) is 60.2 Å². The van der Waals surface area contributed by atoms with E-state index in [1.807, 2.05) is 41.0 Å². The van der Waals surface area contributed by atoms with Gasteiger partial charge in [-0.2, -0.15) is 5.21 Å². The van der Waals surface area contributed by atoms with Crippen molar-refractivity contribution in [2.45, 2.75) is 52.1 Å². The first-order valence-corrected chi connectivity index (χ1v) is 13.2. The summed E-state index contributed by atoms with van der Waals surface area (Å²) in [5.74, 6) is 1.74. The molecule has 10 nitrogen and oxygen atoms in total. The molecule has 0 aliphatic heterocycles. The smallest absolute Gasteiger partial charge is 0.318 e. The number of aromatic amines is 1. The Bertz CT molecular complexity index is 1720. The van der Waals surface area contributed by atoms with Gasteiger partial charge in [-0.1, -0.05) is 61.9 Å². The minimum Gasteiger partial charge on any atom is -0.318 e. The van der Waals surface area contributed by atoms with E-state index >= 15 is 0 Å². The van der Waals surface area contributed by atoms with Crippen LogP contribution in [0.5, 0.6) is 0 Å². The number of hydrogen-bond acceptors (Lipinski definition) is 6. The zero-order valence-corrected chi connectivity index (χ0v) is 21.6. The molecule has 0 bridgehead atoms. The van der Waals surface area contributed by atoms with Crippen LogP contribution in [0.2, 0.25) is 0 Å². The molecule has 5 aromatic rings. The van der Waals surface area contributed by atoms with Crippen LogP contribution in [0.1, 0.15) is 44.0 Å². The van der Waals surface area contributed by atoms with Crippen LogP contribution in [0.25, 0.3) is 33.7 Å². The molecule has 3 aromatic heterocycles. The molecule has 2 aromatic carbocycles. The third-order valence-corrected chi connectivity index (χ3v) is 7.35. The van der Waals surface area contributed by atoms with Crippen molar-refractivity contribution in [1.29, 1.82) is 0 Å². The van der Waals surface area contributed by atoms with Gasteiger partial charge in [0.15, 0.2) is 11.2 Å². The Labute approximate surface area is 219 Å². The van der Waals surface area contributed by atoms with Gasteiger partial charge in [0, 0.05) is 25.6 Å². The molecule has 3 heterocycles.